The van der Waals surface area contributed by atoms with Gasteiger partial charge in [0.05, 0.1) is 11.2 Å². The summed E-state index contributed by atoms with van der Waals surface area (Å²) in [6.07, 6.45) is 0. The average Bonchev–Trinajstić information content (AvgIpc) is 2.88. The summed E-state index contributed by atoms with van der Waals surface area (Å²) in [5.74, 6) is 1.03. The van der Waals surface area contributed by atoms with E-state index in [2.05, 4.69) is 43.3 Å². The van der Waals surface area contributed by atoms with Crippen molar-refractivity contribution in [2.24, 2.45) is 0 Å². The molecular formula is C19H22N4O2. The fraction of sp³-hybridized carbons (Fsp3) is 0.316. The lowest BCUT2D eigenvalue weighted by molar-refractivity contribution is -0.119. The van der Waals surface area contributed by atoms with E-state index in [9.17, 15) is 4.79 Å². The quantitative estimate of drug-likeness (QED) is 0.793. The Morgan fingerprint density at radius 2 is 1.88 bits per heavy atom. The van der Waals surface area contributed by atoms with Crippen LogP contribution < -0.4 is 5.32 Å². The molecule has 6 nitrogen and oxygen atoms in total. The minimum atomic E-state index is -0.229. The molecule has 25 heavy (non-hydrogen) atoms. The van der Waals surface area contributed by atoms with Gasteiger partial charge < -0.3 is 10.1 Å². The number of hydrogen-bond acceptors (Lipinski definition) is 4. The van der Waals surface area contributed by atoms with Crippen LogP contribution in [-0.2, 0) is 9.53 Å². The standard InChI is InChI=1S/C19H22N4O2/c1-11-6-13(3)19-15(7-11)12(2)8-16(21-19)23-17(9-14(4)22-23)20-18(24)10-25-5/h6-9H,10H2,1-5H3,(H,20,24). The maximum Gasteiger partial charge on any atom is 0.251 e. The van der Waals surface area contributed by atoms with Gasteiger partial charge in [0.25, 0.3) is 5.91 Å². The zero-order chi connectivity index (χ0) is 18.1. The van der Waals surface area contributed by atoms with Gasteiger partial charge in [0.2, 0.25) is 0 Å². The molecule has 0 aliphatic rings. The Labute approximate surface area is 146 Å². The smallest absolute Gasteiger partial charge is 0.251 e. The largest absolute Gasteiger partial charge is 0.375 e. The predicted octanol–water partition coefficient (Wildman–Crippen LogP) is 3.24. The molecule has 3 aromatic rings. The highest BCUT2D eigenvalue weighted by Crippen LogP contribution is 2.25. The van der Waals surface area contributed by atoms with Crippen molar-refractivity contribution in [3.05, 3.63) is 46.6 Å². The normalized spacial score (nSPS) is 11.1. The Morgan fingerprint density at radius 3 is 2.60 bits per heavy atom. The van der Waals surface area contributed by atoms with Crippen molar-refractivity contribution in [2.45, 2.75) is 27.7 Å². The number of nitrogens with zero attached hydrogens (tertiary/aromatic N) is 3. The van der Waals surface area contributed by atoms with E-state index in [1.807, 2.05) is 19.1 Å². The third-order valence-corrected chi connectivity index (χ3v) is 4.03. The Kier molecular flexibility index (Phi) is 4.55. The van der Waals surface area contributed by atoms with Crippen LogP contribution in [0, 0.1) is 27.7 Å². The Hall–Kier alpha value is -2.73. The summed E-state index contributed by atoms with van der Waals surface area (Å²) in [6, 6.07) is 8.06. The highest BCUT2D eigenvalue weighted by molar-refractivity contribution is 5.91. The van der Waals surface area contributed by atoms with Crippen LogP contribution in [0.1, 0.15) is 22.4 Å². The van der Waals surface area contributed by atoms with E-state index in [0.29, 0.717) is 11.6 Å². The Morgan fingerprint density at radius 1 is 1.12 bits per heavy atom. The van der Waals surface area contributed by atoms with Crippen LogP contribution >= 0.6 is 0 Å². The molecule has 3 rings (SSSR count). The number of carbonyl (C=O) groups excluding carboxylic acids is 1. The molecule has 0 aliphatic heterocycles. The fourth-order valence-corrected chi connectivity index (χ4v) is 3.01. The van der Waals surface area contributed by atoms with Gasteiger partial charge in [-0.15, -0.1) is 0 Å². The minimum absolute atomic E-state index is 0.00715. The summed E-state index contributed by atoms with van der Waals surface area (Å²) in [4.78, 5) is 16.7. The molecule has 0 spiro atoms. The van der Waals surface area contributed by atoms with Crippen LogP contribution in [0.4, 0.5) is 5.82 Å². The van der Waals surface area contributed by atoms with Crippen molar-refractivity contribution in [3.63, 3.8) is 0 Å². The second-order valence-electron chi connectivity index (χ2n) is 6.34. The van der Waals surface area contributed by atoms with Gasteiger partial charge in [-0.3, -0.25) is 4.79 Å². The van der Waals surface area contributed by atoms with Crippen molar-refractivity contribution in [2.75, 3.05) is 19.0 Å². The maximum absolute atomic E-state index is 11.9. The van der Waals surface area contributed by atoms with Gasteiger partial charge >= 0.3 is 0 Å². The number of methoxy groups -OCH3 is 1. The van der Waals surface area contributed by atoms with E-state index >= 15 is 0 Å². The monoisotopic (exact) mass is 338 g/mol. The highest BCUT2D eigenvalue weighted by Gasteiger charge is 2.14. The lowest BCUT2D eigenvalue weighted by Gasteiger charge is -2.12. The van der Waals surface area contributed by atoms with E-state index in [1.165, 1.54) is 12.7 Å². The topological polar surface area (TPSA) is 69.0 Å². The number of nitrogens with one attached hydrogen (secondary N) is 1. The molecule has 2 aromatic heterocycles. The number of hydrogen-bond donors (Lipinski definition) is 1. The fourth-order valence-electron chi connectivity index (χ4n) is 3.01. The zero-order valence-electron chi connectivity index (χ0n) is 15.2. The zero-order valence-corrected chi connectivity index (χ0v) is 15.2. The number of aryl methyl sites for hydroxylation is 4. The molecule has 0 unspecified atom stereocenters. The van der Waals surface area contributed by atoms with Crippen LogP contribution in [0.15, 0.2) is 24.3 Å². The van der Waals surface area contributed by atoms with Crippen molar-refractivity contribution in [3.8, 4) is 5.82 Å². The Balaban J connectivity index is 2.12. The lowest BCUT2D eigenvalue weighted by atomic mass is 10.0. The number of anilines is 1. The first-order chi connectivity index (χ1) is 11.9. The predicted molar refractivity (Wildman–Crippen MR) is 98.3 cm³/mol. The first-order valence-corrected chi connectivity index (χ1v) is 8.13. The number of ether oxygens (including phenoxy) is 1. The van der Waals surface area contributed by atoms with Gasteiger partial charge in [-0.05, 0) is 51.0 Å². The molecule has 0 atom stereocenters. The third kappa shape index (κ3) is 3.39. The summed E-state index contributed by atoms with van der Waals surface area (Å²) in [6.45, 7) is 8.07. The van der Waals surface area contributed by atoms with Gasteiger partial charge in [0.15, 0.2) is 5.82 Å². The van der Waals surface area contributed by atoms with Gasteiger partial charge in [-0.2, -0.15) is 9.78 Å². The van der Waals surface area contributed by atoms with E-state index in [4.69, 9.17) is 9.72 Å². The molecule has 1 N–H and O–H groups in total. The van der Waals surface area contributed by atoms with Crippen molar-refractivity contribution < 1.29 is 9.53 Å². The average molecular weight is 338 g/mol. The minimum Gasteiger partial charge on any atom is -0.375 e. The third-order valence-electron chi connectivity index (χ3n) is 4.03. The number of aromatic nitrogens is 3. The van der Waals surface area contributed by atoms with E-state index in [0.717, 1.165) is 27.7 Å². The number of carbonyl (C=O) groups is 1. The number of amides is 1. The van der Waals surface area contributed by atoms with Crippen molar-refractivity contribution >= 4 is 22.6 Å². The molecule has 6 heteroatoms. The van der Waals surface area contributed by atoms with Crippen LogP contribution in [0.25, 0.3) is 16.7 Å². The highest BCUT2D eigenvalue weighted by atomic mass is 16.5. The number of benzene rings is 1. The molecule has 0 saturated heterocycles. The van der Waals surface area contributed by atoms with Gasteiger partial charge in [0, 0.05) is 18.6 Å². The van der Waals surface area contributed by atoms with Crippen LogP contribution in [0.2, 0.25) is 0 Å². The number of fused-ring (bicyclic) bond motifs is 1. The molecule has 1 aromatic carbocycles. The Bertz CT molecular complexity index is 960. The number of pyridine rings is 1. The van der Waals surface area contributed by atoms with Gasteiger partial charge in [-0.25, -0.2) is 4.98 Å². The molecule has 0 aliphatic carbocycles. The molecule has 0 radical (unpaired) electrons. The second kappa shape index (κ2) is 6.64. The summed E-state index contributed by atoms with van der Waals surface area (Å²) in [7, 11) is 1.49. The summed E-state index contributed by atoms with van der Waals surface area (Å²) < 4.78 is 6.54. The molecule has 0 saturated carbocycles. The summed E-state index contributed by atoms with van der Waals surface area (Å²) >= 11 is 0. The number of rotatable bonds is 4. The molecule has 130 valence electrons. The van der Waals surface area contributed by atoms with Crippen molar-refractivity contribution in [1.82, 2.24) is 14.8 Å². The SMILES string of the molecule is COCC(=O)Nc1cc(C)nn1-c1cc(C)c2cc(C)cc(C)c2n1. The molecule has 0 bridgehead atoms. The molecule has 0 fully saturated rings. The maximum atomic E-state index is 11.9. The van der Waals surface area contributed by atoms with E-state index in [-0.39, 0.29) is 12.5 Å². The molecular weight excluding hydrogens is 316 g/mol. The molecule has 1 amide bonds. The van der Waals surface area contributed by atoms with E-state index < -0.39 is 0 Å². The van der Waals surface area contributed by atoms with Crippen LogP contribution in [0.5, 0.6) is 0 Å². The second-order valence-corrected chi connectivity index (χ2v) is 6.34. The first-order valence-electron chi connectivity index (χ1n) is 8.13. The van der Waals surface area contributed by atoms with Gasteiger partial charge in [0.1, 0.15) is 12.4 Å². The van der Waals surface area contributed by atoms with Crippen molar-refractivity contribution in [1.29, 1.82) is 0 Å². The lowest BCUT2D eigenvalue weighted by Crippen LogP contribution is -2.19. The summed E-state index contributed by atoms with van der Waals surface area (Å²) in [5.41, 5.74) is 5.20. The van der Waals surface area contributed by atoms with Gasteiger partial charge in [-0.1, -0.05) is 11.6 Å². The van der Waals surface area contributed by atoms with E-state index in [1.54, 1.807) is 4.68 Å². The van der Waals surface area contributed by atoms with Crippen LogP contribution in [0.3, 0.4) is 0 Å². The first kappa shape index (κ1) is 17.1. The summed E-state index contributed by atoms with van der Waals surface area (Å²) in [5, 5.41) is 8.44. The van der Waals surface area contributed by atoms with Crippen LogP contribution in [-0.4, -0.2) is 34.4 Å². The molecule has 2 heterocycles.